The molecule has 0 fully saturated rings. The SMILES string of the molecule is Cc1cc(C#N)cc(C(=O)NCc2cccc(OC(F)(F)F)c2)c1NC(=O)c1cc(Cn2nnc(C(F)F)n2)nn1-c1ncccc1Cl. The first-order valence-corrected chi connectivity index (χ1v) is 13.9. The largest absolute Gasteiger partial charge is 0.573 e. The van der Waals surface area contributed by atoms with Crippen LogP contribution < -0.4 is 15.4 Å². The molecule has 2 aromatic carbocycles. The first-order chi connectivity index (χ1) is 22.8. The maximum absolute atomic E-state index is 13.8. The number of alkyl halides is 5. The molecule has 0 saturated heterocycles. The molecule has 5 rings (SSSR count). The highest BCUT2D eigenvalue weighted by atomic mass is 35.5. The number of ether oxygens (including phenoxy) is 1. The molecule has 246 valence electrons. The van der Waals surface area contributed by atoms with Crippen molar-refractivity contribution >= 4 is 29.1 Å². The Hall–Kier alpha value is -5.96. The molecule has 3 heterocycles. The summed E-state index contributed by atoms with van der Waals surface area (Å²) < 4.78 is 68.9. The fraction of sp³-hybridized carbons (Fsp3) is 0.172. The number of nitriles is 1. The second-order valence-electron chi connectivity index (χ2n) is 9.88. The smallest absolute Gasteiger partial charge is 0.406 e. The molecule has 0 aliphatic carbocycles. The van der Waals surface area contributed by atoms with E-state index in [9.17, 15) is 36.8 Å². The van der Waals surface area contributed by atoms with Gasteiger partial charge in [0.05, 0.1) is 33.6 Å². The zero-order valence-electron chi connectivity index (χ0n) is 24.3. The van der Waals surface area contributed by atoms with Crippen molar-refractivity contribution in [3.05, 3.63) is 105 Å². The summed E-state index contributed by atoms with van der Waals surface area (Å²) in [6.07, 6.45) is -6.47. The van der Waals surface area contributed by atoms with E-state index in [0.717, 1.165) is 21.6 Å². The fourth-order valence-corrected chi connectivity index (χ4v) is 4.62. The first kappa shape index (κ1) is 33.4. The lowest BCUT2D eigenvalue weighted by atomic mass is 10.0. The van der Waals surface area contributed by atoms with E-state index in [1.54, 1.807) is 13.0 Å². The standard InChI is InChI=1S/C29H20ClF5N10O3/c1-15-8-17(12-36)10-20(27(46)38-13-16-4-2-5-19(9-16)48-29(33,34)35)23(15)39-28(47)22-11-18(14-44-42-25(24(31)32)40-43-44)41-45(22)26-21(30)6-3-7-37-26/h2-11,24H,13-14H2,1H3,(H,38,46)(H,39,47). The summed E-state index contributed by atoms with van der Waals surface area (Å²) in [7, 11) is 0. The molecule has 19 heteroatoms. The van der Waals surface area contributed by atoms with E-state index in [4.69, 9.17) is 11.6 Å². The van der Waals surface area contributed by atoms with Crippen molar-refractivity contribution in [1.82, 2.24) is 40.3 Å². The highest BCUT2D eigenvalue weighted by Gasteiger charge is 2.31. The quantitative estimate of drug-likeness (QED) is 0.189. The monoisotopic (exact) mass is 686 g/mol. The molecular weight excluding hydrogens is 667 g/mol. The van der Waals surface area contributed by atoms with Crippen molar-refractivity contribution < 1.29 is 36.3 Å². The van der Waals surface area contributed by atoms with Crippen LogP contribution in [0.3, 0.4) is 0 Å². The van der Waals surface area contributed by atoms with Gasteiger partial charge in [-0.05, 0) is 65.7 Å². The van der Waals surface area contributed by atoms with Gasteiger partial charge >= 0.3 is 12.8 Å². The van der Waals surface area contributed by atoms with E-state index in [1.807, 2.05) is 6.07 Å². The number of tetrazole rings is 1. The van der Waals surface area contributed by atoms with Gasteiger partial charge in [0.15, 0.2) is 5.82 Å². The van der Waals surface area contributed by atoms with E-state index in [2.05, 4.69) is 40.9 Å². The number of carbonyl (C=O) groups is 2. The molecule has 0 aliphatic rings. The second kappa shape index (κ2) is 13.8. The third kappa shape index (κ3) is 7.87. The number of hydrogen-bond acceptors (Lipinski definition) is 9. The maximum atomic E-state index is 13.8. The van der Waals surface area contributed by atoms with Gasteiger partial charge in [-0.1, -0.05) is 23.7 Å². The Labute approximate surface area is 271 Å². The molecule has 0 bridgehead atoms. The van der Waals surface area contributed by atoms with E-state index >= 15 is 0 Å². The number of halogens is 6. The third-order valence-corrected chi connectivity index (χ3v) is 6.73. The van der Waals surface area contributed by atoms with Gasteiger partial charge in [-0.25, -0.2) is 18.4 Å². The lowest BCUT2D eigenvalue weighted by Gasteiger charge is -2.16. The fourth-order valence-electron chi connectivity index (χ4n) is 4.42. The Bertz CT molecular complexity index is 2040. The molecule has 0 atom stereocenters. The van der Waals surface area contributed by atoms with Gasteiger partial charge < -0.3 is 15.4 Å². The van der Waals surface area contributed by atoms with Crippen molar-refractivity contribution in [2.75, 3.05) is 5.32 Å². The molecule has 0 spiro atoms. The molecule has 0 radical (unpaired) electrons. The summed E-state index contributed by atoms with van der Waals surface area (Å²) in [6, 6.07) is 13.9. The summed E-state index contributed by atoms with van der Waals surface area (Å²) in [6.45, 7) is 1.05. The van der Waals surface area contributed by atoms with E-state index in [0.29, 0.717) is 5.56 Å². The van der Waals surface area contributed by atoms with Gasteiger partial charge in [-0.3, -0.25) is 9.59 Å². The molecular formula is C29H20ClF5N10O3. The van der Waals surface area contributed by atoms with E-state index in [1.165, 1.54) is 42.6 Å². The molecule has 0 saturated carbocycles. The number of nitrogens with one attached hydrogen (secondary N) is 2. The van der Waals surface area contributed by atoms with Crippen LogP contribution in [0.25, 0.3) is 5.82 Å². The minimum absolute atomic E-state index is 0.00610. The summed E-state index contributed by atoms with van der Waals surface area (Å²) in [5.41, 5.74) is 0.550. The molecule has 2 amide bonds. The van der Waals surface area contributed by atoms with Crippen molar-refractivity contribution in [3.8, 4) is 17.6 Å². The highest BCUT2D eigenvalue weighted by molar-refractivity contribution is 6.32. The number of rotatable bonds is 10. The lowest BCUT2D eigenvalue weighted by Crippen LogP contribution is -2.26. The van der Waals surface area contributed by atoms with Crippen molar-refractivity contribution in [2.45, 2.75) is 32.8 Å². The Morgan fingerprint density at radius 2 is 1.88 bits per heavy atom. The zero-order valence-corrected chi connectivity index (χ0v) is 25.1. The Balaban J connectivity index is 1.45. The molecule has 5 aromatic rings. The van der Waals surface area contributed by atoms with Crippen LogP contribution in [-0.4, -0.2) is 53.1 Å². The van der Waals surface area contributed by atoms with Crippen LogP contribution in [0, 0.1) is 18.3 Å². The Kier molecular flexibility index (Phi) is 9.61. The van der Waals surface area contributed by atoms with Gasteiger partial charge in [-0.15, -0.1) is 23.4 Å². The normalized spacial score (nSPS) is 11.3. The number of hydrogen-bond donors (Lipinski definition) is 2. The summed E-state index contributed by atoms with van der Waals surface area (Å²) in [5.74, 6) is -2.82. The predicted molar refractivity (Wildman–Crippen MR) is 156 cm³/mol. The molecule has 0 aliphatic heterocycles. The topological polar surface area (TPSA) is 166 Å². The van der Waals surface area contributed by atoms with Crippen LogP contribution in [-0.2, 0) is 13.1 Å². The molecule has 2 N–H and O–H groups in total. The minimum atomic E-state index is -4.91. The van der Waals surface area contributed by atoms with Crippen molar-refractivity contribution in [2.24, 2.45) is 0 Å². The maximum Gasteiger partial charge on any atom is 0.573 e. The number of anilines is 1. The number of carbonyl (C=O) groups excluding carboxylic acids is 2. The summed E-state index contributed by atoms with van der Waals surface area (Å²) in [5, 5.41) is 29.6. The van der Waals surface area contributed by atoms with Gasteiger partial charge in [0.25, 0.3) is 11.8 Å². The molecule has 48 heavy (non-hydrogen) atoms. The van der Waals surface area contributed by atoms with E-state index in [-0.39, 0.29) is 57.7 Å². The van der Waals surface area contributed by atoms with Crippen molar-refractivity contribution in [1.29, 1.82) is 5.26 Å². The van der Waals surface area contributed by atoms with Crippen LogP contribution in [0.4, 0.5) is 27.6 Å². The number of aromatic nitrogens is 7. The number of benzene rings is 2. The van der Waals surface area contributed by atoms with Crippen LogP contribution in [0.5, 0.6) is 5.75 Å². The van der Waals surface area contributed by atoms with Gasteiger partial charge in [0, 0.05) is 12.7 Å². The minimum Gasteiger partial charge on any atom is -0.406 e. The average Bonchev–Trinajstić information content (AvgIpc) is 3.68. The average molecular weight is 687 g/mol. The van der Waals surface area contributed by atoms with E-state index < -0.39 is 36.2 Å². The Morgan fingerprint density at radius 1 is 1.08 bits per heavy atom. The summed E-state index contributed by atoms with van der Waals surface area (Å²) >= 11 is 6.33. The molecule has 13 nitrogen and oxygen atoms in total. The van der Waals surface area contributed by atoms with Crippen LogP contribution in [0.1, 0.15) is 55.5 Å². The molecule has 3 aromatic heterocycles. The number of nitrogens with zero attached hydrogens (tertiary/aromatic N) is 8. The van der Waals surface area contributed by atoms with Crippen LogP contribution >= 0.6 is 11.6 Å². The van der Waals surface area contributed by atoms with Gasteiger partial charge in [-0.2, -0.15) is 15.2 Å². The molecule has 0 unspecified atom stereocenters. The summed E-state index contributed by atoms with van der Waals surface area (Å²) in [4.78, 5) is 32.2. The van der Waals surface area contributed by atoms with Crippen molar-refractivity contribution in [3.63, 3.8) is 0 Å². The predicted octanol–water partition coefficient (Wildman–Crippen LogP) is 5.15. The second-order valence-corrected chi connectivity index (χ2v) is 10.3. The lowest BCUT2D eigenvalue weighted by molar-refractivity contribution is -0.274. The van der Waals surface area contributed by atoms with Gasteiger partial charge in [0.1, 0.15) is 18.0 Å². The van der Waals surface area contributed by atoms with Crippen LogP contribution in [0.15, 0.2) is 60.8 Å². The third-order valence-electron chi connectivity index (χ3n) is 6.43. The number of aryl methyl sites for hydroxylation is 1. The first-order valence-electron chi connectivity index (χ1n) is 13.6. The zero-order chi connectivity index (χ0) is 34.6. The van der Waals surface area contributed by atoms with Crippen LogP contribution in [0.2, 0.25) is 5.02 Å². The number of pyridine rings is 1. The van der Waals surface area contributed by atoms with Gasteiger partial charge in [0.2, 0.25) is 5.82 Å². The Morgan fingerprint density at radius 3 is 2.56 bits per heavy atom. The number of amides is 2. The highest BCUT2D eigenvalue weighted by Crippen LogP contribution is 2.27.